The minimum atomic E-state index is 0.426. The molecular formula is C17H17N5O. The van der Waals surface area contributed by atoms with Gasteiger partial charge in [-0.2, -0.15) is 10.1 Å². The molecule has 2 N–H and O–H groups in total. The predicted molar refractivity (Wildman–Crippen MR) is 90.4 cm³/mol. The molecule has 0 atom stereocenters. The quantitative estimate of drug-likeness (QED) is 0.722. The Morgan fingerprint density at radius 3 is 2.39 bits per heavy atom. The normalized spacial score (nSPS) is 10.1. The first-order valence-corrected chi connectivity index (χ1v) is 7.35. The lowest BCUT2D eigenvalue weighted by Gasteiger charge is -2.08. The van der Waals surface area contributed by atoms with Gasteiger partial charge in [-0.05, 0) is 43.3 Å². The maximum absolute atomic E-state index is 5.42. The lowest BCUT2D eigenvalue weighted by molar-refractivity contribution is 0.340. The van der Waals surface area contributed by atoms with Crippen LogP contribution in [0.15, 0.2) is 60.8 Å². The summed E-state index contributed by atoms with van der Waals surface area (Å²) in [5.41, 5.74) is 1.81. The van der Waals surface area contributed by atoms with E-state index in [0.29, 0.717) is 18.4 Å². The van der Waals surface area contributed by atoms with Crippen molar-refractivity contribution in [3.63, 3.8) is 0 Å². The van der Waals surface area contributed by atoms with E-state index >= 15 is 0 Å². The molecule has 116 valence electrons. The molecule has 0 aliphatic heterocycles. The molecule has 6 heteroatoms. The van der Waals surface area contributed by atoms with Crippen LogP contribution in [0.4, 0.5) is 23.1 Å². The molecule has 23 heavy (non-hydrogen) atoms. The third kappa shape index (κ3) is 4.16. The fourth-order valence-corrected chi connectivity index (χ4v) is 2.02. The van der Waals surface area contributed by atoms with Gasteiger partial charge in [0.15, 0.2) is 5.82 Å². The lowest BCUT2D eigenvalue weighted by atomic mass is 10.3. The summed E-state index contributed by atoms with van der Waals surface area (Å²) in [5.74, 6) is 1.88. The van der Waals surface area contributed by atoms with Crippen LogP contribution in [0.2, 0.25) is 0 Å². The van der Waals surface area contributed by atoms with Gasteiger partial charge < -0.3 is 15.4 Å². The molecule has 0 saturated carbocycles. The highest BCUT2D eigenvalue weighted by Gasteiger charge is 2.02. The van der Waals surface area contributed by atoms with E-state index < -0.39 is 0 Å². The molecular weight excluding hydrogens is 290 g/mol. The molecule has 2 aromatic carbocycles. The molecule has 0 spiro atoms. The van der Waals surface area contributed by atoms with Crippen molar-refractivity contribution in [2.45, 2.75) is 6.92 Å². The molecule has 0 aliphatic rings. The van der Waals surface area contributed by atoms with Gasteiger partial charge in [0, 0.05) is 11.4 Å². The van der Waals surface area contributed by atoms with E-state index in [-0.39, 0.29) is 0 Å². The third-order valence-electron chi connectivity index (χ3n) is 3.03. The summed E-state index contributed by atoms with van der Waals surface area (Å²) < 4.78 is 5.42. The van der Waals surface area contributed by atoms with Crippen LogP contribution in [0.1, 0.15) is 6.92 Å². The molecule has 6 nitrogen and oxygen atoms in total. The largest absolute Gasteiger partial charge is 0.494 e. The number of ether oxygens (including phenoxy) is 1. The van der Waals surface area contributed by atoms with Crippen molar-refractivity contribution in [1.29, 1.82) is 0 Å². The number of benzene rings is 2. The minimum Gasteiger partial charge on any atom is -0.494 e. The summed E-state index contributed by atoms with van der Waals surface area (Å²) in [7, 11) is 0. The smallest absolute Gasteiger partial charge is 0.249 e. The van der Waals surface area contributed by atoms with Crippen molar-refractivity contribution in [3.8, 4) is 5.75 Å². The first-order chi connectivity index (χ1) is 11.3. The molecule has 3 aromatic rings. The van der Waals surface area contributed by atoms with E-state index in [1.54, 1.807) is 6.20 Å². The van der Waals surface area contributed by atoms with Crippen LogP contribution in [-0.2, 0) is 0 Å². The zero-order valence-corrected chi connectivity index (χ0v) is 12.7. The Hall–Kier alpha value is -3.15. The highest BCUT2D eigenvalue weighted by molar-refractivity contribution is 5.58. The first-order valence-electron chi connectivity index (χ1n) is 7.35. The van der Waals surface area contributed by atoms with Gasteiger partial charge in [0.05, 0.1) is 12.8 Å². The standard InChI is InChI=1S/C17H17N5O/c1-2-23-15-10-8-14(9-11-15)20-17-21-16(12-18-22-17)19-13-6-4-3-5-7-13/h3-12H,2H2,1H3,(H2,19,20,21,22). The van der Waals surface area contributed by atoms with Crippen molar-refractivity contribution >= 4 is 23.1 Å². The number of nitrogens with zero attached hydrogens (tertiary/aromatic N) is 3. The van der Waals surface area contributed by atoms with Gasteiger partial charge in [0.25, 0.3) is 0 Å². The number of anilines is 4. The summed E-state index contributed by atoms with van der Waals surface area (Å²) >= 11 is 0. The minimum absolute atomic E-state index is 0.426. The molecule has 3 rings (SSSR count). The highest BCUT2D eigenvalue weighted by Crippen LogP contribution is 2.19. The van der Waals surface area contributed by atoms with Crippen LogP contribution >= 0.6 is 0 Å². The van der Waals surface area contributed by atoms with E-state index in [9.17, 15) is 0 Å². The number of nitrogens with one attached hydrogen (secondary N) is 2. The van der Waals surface area contributed by atoms with Crippen LogP contribution in [0.5, 0.6) is 5.75 Å². The second-order valence-corrected chi connectivity index (χ2v) is 4.74. The first kappa shape index (κ1) is 14.8. The van der Waals surface area contributed by atoms with Crippen LogP contribution < -0.4 is 15.4 Å². The Kier molecular flexibility index (Phi) is 4.63. The maximum atomic E-state index is 5.42. The zero-order chi connectivity index (χ0) is 15.9. The Morgan fingerprint density at radius 1 is 0.913 bits per heavy atom. The summed E-state index contributed by atoms with van der Waals surface area (Å²) in [6.07, 6.45) is 1.58. The molecule has 1 aromatic heterocycles. The molecule has 0 fully saturated rings. The average molecular weight is 307 g/mol. The third-order valence-corrected chi connectivity index (χ3v) is 3.03. The number of rotatable bonds is 6. The lowest BCUT2D eigenvalue weighted by Crippen LogP contribution is -2.02. The van der Waals surface area contributed by atoms with Crippen molar-refractivity contribution in [2.24, 2.45) is 0 Å². The van der Waals surface area contributed by atoms with Crippen molar-refractivity contribution in [1.82, 2.24) is 15.2 Å². The summed E-state index contributed by atoms with van der Waals surface area (Å²) in [6.45, 7) is 2.60. The van der Waals surface area contributed by atoms with Crippen molar-refractivity contribution in [2.75, 3.05) is 17.2 Å². The molecule has 0 amide bonds. The fourth-order valence-electron chi connectivity index (χ4n) is 2.02. The SMILES string of the molecule is CCOc1ccc(Nc2nncc(Nc3ccccc3)n2)cc1. The summed E-state index contributed by atoms with van der Waals surface area (Å²) in [6, 6.07) is 17.4. The van der Waals surface area contributed by atoms with E-state index in [2.05, 4.69) is 25.8 Å². The fraction of sp³-hybridized carbons (Fsp3) is 0.118. The molecule has 0 bridgehead atoms. The number of para-hydroxylation sites is 1. The van der Waals surface area contributed by atoms with Gasteiger partial charge in [-0.1, -0.05) is 18.2 Å². The van der Waals surface area contributed by atoms with E-state index in [4.69, 9.17) is 4.74 Å². The van der Waals surface area contributed by atoms with Crippen molar-refractivity contribution in [3.05, 3.63) is 60.8 Å². The Morgan fingerprint density at radius 2 is 1.65 bits per heavy atom. The monoisotopic (exact) mass is 307 g/mol. The van der Waals surface area contributed by atoms with Gasteiger partial charge >= 0.3 is 0 Å². The Balaban J connectivity index is 1.69. The molecule has 1 heterocycles. The molecule has 0 unspecified atom stereocenters. The molecule has 0 radical (unpaired) electrons. The van der Waals surface area contributed by atoms with Gasteiger partial charge in [-0.15, -0.1) is 5.10 Å². The van der Waals surface area contributed by atoms with Crippen LogP contribution in [0, 0.1) is 0 Å². The summed E-state index contributed by atoms with van der Waals surface area (Å²) in [5, 5.41) is 14.3. The van der Waals surface area contributed by atoms with Crippen LogP contribution in [0.25, 0.3) is 0 Å². The van der Waals surface area contributed by atoms with Gasteiger partial charge in [0.1, 0.15) is 5.75 Å². The molecule has 0 aliphatic carbocycles. The molecule has 0 saturated heterocycles. The van der Waals surface area contributed by atoms with E-state index in [1.807, 2.05) is 61.5 Å². The van der Waals surface area contributed by atoms with Crippen LogP contribution in [0.3, 0.4) is 0 Å². The number of hydrogen-bond donors (Lipinski definition) is 2. The number of hydrogen-bond acceptors (Lipinski definition) is 6. The number of aromatic nitrogens is 3. The zero-order valence-electron chi connectivity index (χ0n) is 12.7. The second-order valence-electron chi connectivity index (χ2n) is 4.74. The predicted octanol–water partition coefficient (Wildman–Crippen LogP) is 3.76. The van der Waals surface area contributed by atoms with Crippen molar-refractivity contribution < 1.29 is 4.74 Å². The Labute approximate surface area is 134 Å². The second kappa shape index (κ2) is 7.22. The van der Waals surface area contributed by atoms with E-state index in [1.165, 1.54) is 0 Å². The topological polar surface area (TPSA) is 72.0 Å². The highest BCUT2D eigenvalue weighted by atomic mass is 16.5. The van der Waals surface area contributed by atoms with Gasteiger partial charge in [-0.3, -0.25) is 0 Å². The average Bonchev–Trinajstić information content (AvgIpc) is 2.58. The maximum Gasteiger partial charge on any atom is 0.249 e. The summed E-state index contributed by atoms with van der Waals surface area (Å²) in [4.78, 5) is 4.39. The van der Waals surface area contributed by atoms with E-state index in [0.717, 1.165) is 17.1 Å². The van der Waals surface area contributed by atoms with Gasteiger partial charge in [0.2, 0.25) is 5.95 Å². The Bertz CT molecular complexity index is 746. The van der Waals surface area contributed by atoms with Crippen LogP contribution in [-0.4, -0.2) is 21.8 Å². The van der Waals surface area contributed by atoms with Gasteiger partial charge in [-0.25, -0.2) is 0 Å².